The van der Waals surface area contributed by atoms with Gasteiger partial charge in [-0.15, -0.1) is 0 Å². The predicted octanol–water partition coefficient (Wildman–Crippen LogP) is 6.07. The SMILES string of the molecule is C=C(/C=C(C)/C(=C(\C)c1cc(Cl)cc(Cl)c1)N1CCC(NC2COC2)CC1)c1cc(F)cc(C(N)=O)c1. The zero-order valence-electron chi connectivity index (χ0n) is 21.1. The van der Waals surface area contributed by atoms with E-state index in [0.29, 0.717) is 33.3 Å². The van der Waals surface area contributed by atoms with E-state index in [1.54, 1.807) is 12.1 Å². The van der Waals surface area contributed by atoms with Gasteiger partial charge in [-0.3, -0.25) is 4.79 Å². The fourth-order valence-corrected chi connectivity index (χ4v) is 5.48. The molecule has 2 aliphatic heterocycles. The van der Waals surface area contributed by atoms with Crippen LogP contribution in [0.3, 0.4) is 0 Å². The average molecular weight is 544 g/mol. The molecule has 2 fully saturated rings. The van der Waals surface area contributed by atoms with Crippen LogP contribution in [-0.2, 0) is 4.74 Å². The van der Waals surface area contributed by atoms with Gasteiger partial charge in [-0.2, -0.15) is 0 Å². The van der Waals surface area contributed by atoms with Gasteiger partial charge in [-0.05, 0) is 97.0 Å². The molecular weight excluding hydrogens is 512 g/mol. The van der Waals surface area contributed by atoms with Crippen molar-refractivity contribution in [2.45, 2.75) is 38.8 Å². The number of ether oxygens (including phenoxy) is 1. The maximum Gasteiger partial charge on any atom is 0.248 e. The van der Waals surface area contributed by atoms with Crippen LogP contribution in [0, 0.1) is 5.82 Å². The summed E-state index contributed by atoms with van der Waals surface area (Å²) < 4.78 is 19.5. The summed E-state index contributed by atoms with van der Waals surface area (Å²) in [7, 11) is 0. The van der Waals surface area contributed by atoms with E-state index in [2.05, 4.69) is 23.7 Å². The Bertz CT molecular complexity index is 1240. The van der Waals surface area contributed by atoms with Crippen LogP contribution in [0.2, 0.25) is 10.0 Å². The van der Waals surface area contributed by atoms with Crippen molar-refractivity contribution in [3.05, 3.63) is 92.9 Å². The first kappa shape index (κ1) is 27.4. The van der Waals surface area contributed by atoms with E-state index < -0.39 is 11.7 Å². The standard InChI is InChI=1S/C29H32Cl2FN3O2/c1-17(20-9-22(29(33)36)13-25(32)12-20)8-18(2)28(19(3)21-10-23(30)14-24(31)11-21)35-6-4-26(5-7-35)34-27-15-37-16-27/h8-14,26-27,34H,1,4-7,15-16H2,2-3H3,(H2,33,36)/b18-8+,28-19-. The maximum atomic E-state index is 14.2. The molecule has 0 bridgehead atoms. The molecule has 5 nitrogen and oxygen atoms in total. The van der Waals surface area contributed by atoms with E-state index >= 15 is 0 Å². The van der Waals surface area contributed by atoms with Gasteiger partial charge in [-0.1, -0.05) is 29.8 Å². The Labute approximate surface area is 227 Å². The van der Waals surface area contributed by atoms with Crippen LogP contribution in [0.1, 0.15) is 48.2 Å². The quantitative estimate of drug-likeness (QED) is 0.396. The molecule has 0 radical (unpaired) electrons. The van der Waals surface area contributed by atoms with Crippen LogP contribution in [0.15, 0.2) is 60.3 Å². The number of nitrogens with zero attached hydrogens (tertiary/aromatic N) is 1. The number of primary amides is 1. The van der Waals surface area contributed by atoms with Gasteiger partial charge in [0.2, 0.25) is 5.91 Å². The monoisotopic (exact) mass is 543 g/mol. The molecule has 0 atom stereocenters. The Kier molecular flexibility index (Phi) is 8.75. The molecule has 196 valence electrons. The number of benzene rings is 2. The molecule has 2 aliphatic rings. The van der Waals surface area contributed by atoms with Gasteiger partial charge < -0.3 is 20.7 Å². The molecule has 0 aromatic heterocycles. The summed E-state index contributed by atoms with van der Waals surface area (Å²) in [6, 6.07) is 10.5. The molecule has 2 aromatic rings. The number of rotatable bonds is 8. The molecule has 2 aromatic carbocycles. The highest BCUT2D eigenvalue weighted by molar-refractivity contribution is 6.34. The highest BCUT2D eigenvalue weighted by Crippen LogP contribution is 2.33. The Balaban J connectivity index is 1.67. The van der Waals surface area contributed by atoms with Crippen molar-refractivity contribution < 1.29 is 13.9 Å². The molecule has 0 saturated carbocycles. The number of hydrogen-bond donors (Lipinski definition) is 2. The van der Waals surface area contributed by atoms with Gasteiger partial charge in [-0.25, -0.2) is 4.39 Å². The zero-order valence-corrected chi connectivity index (χ0v) is 22.6. The predicted molar refractivity (Wildman–Crippen MR) is 149 cm³/mol. The summed E-state index contributed by atoms with van der Waals surface area (Å²) >= 11 is 12.7. The number of hydrogen-bond acceptors (Lipinski definition) is 4. The van der Waals surface area contributed by atoms with Crippen molar-refractivity contribution >= 4 is 40.3 Å². The zero-order chi connectivity index (χ0) is 26.7. The second kappa shape index (κ2) is 11.8. The number of piperidine rings is 1. The Hall–Kier alpha value is -2.64. The summed E-state index contributed by atoms with van der Waals surface area (Å²) in [5, 5.41) is 4.82. The first-order chi connectivity index (χ1) is 17.6. The first-order valence-electron chi connectivity index (χ1n) is 12.3. The first-order valence-corrected chi connectivity index (χ1v) is 13.1. The molecule has 0 aliphatic carbocycles. The summed E-state index contributed by atoms with van der Waals surface area (Å²) in [5.74, 6) is -1.22. The van der Waals surface area contributed by atoms with Crippen LogP contribution in [0.4, 0.5) is 4.39 Å². The number of amides is 1. The topological polar surface area (TPSA) is 67.6 Å². The minimum Gasteiger partial charge on any atom is -0.378 e. The van der Waals surface area contributed by atoms with Crippen molar-refractivity contribution in [3.63, 3.8) is 0 Å². The third-order valence-electron chi connectivity index (χ3n) is 6.89. The molecule has 37 heavy (non-hydrogen) atoms. The maximum absolute atomic E-state index is 14.2. The van der Waals surface area contributed by atoms with Gasteiger partial charge in [0, 0.05) is 40.4 Å². The van der Waals surface area contributed by atoms with Crippen LogP contribution < -0.4 is 11.1 Å². The molecular formula is C29H32Cl2FN3O2. The number of nitrogens with two attached hydrogens (primary N) is 1. The number of carbonyl (C=O) groups excluding carboxylic acids is 1. The molecule has 0 spiro atoms. The summed E-state index contributed by atoms with van der Waals surface area (Å²) in [6.07, 6.45) is 3.92. The van der Waals surface area contributed by atoms with E-state index in [9.17, 15) is 9.18 Å². The molecule has 0 unspecified atom stereocenters. The van der Waals surface area contributed by atoms with Crippen molar-refractivity contribution in [1.82, 2.24) is 10.2 Å². The smallest absolute Gasteiger partial charge is 0.248 e. The number of allylic oxidation sites excluding steroid dienone is 4. The van der Waals surface area contributed by atoms with Crippen LogP contribution in [0.25, 0.3) is 11.1 Å². The highest BCUT2D eigenvalue weighted by atomic mass is 35.5. The van der Waals surface area contributed by atoms with E-state index in [4.69, 9.17) is 33.7 Å². The number of carbonyl (C=O) groups is 1. The minimum atomic E-state index is -0.687. The normalized spacial score (nSPS) is 17.9. The second-order valence-corrected chi connectivity index (χ2v) is 10.6. The molecule has 4 rings (SSSR count). The molecule has 3 N–H and O–H groups in total. The Morgan fingerprint density at radius 1 is 1.03 bits per heavy atom. The van der Waals surface area contributed by atoms with Gasteiger partial charge in [0.05, 0.1) is 19.3 Å². The lowest BCUT2D eigenvalue weighted by Crippen LogP contribution is -2.53. The number of likely N-dealkylation sites (tertiary alicyclic amines) is 1. The van der Waals surface area contributed by atoms with Gasteiger partial charge >= 0.3 is 0 Å². The van der Waals surface area contributed by atoms with Crippen LogP contribution in [0.5, 0.6) is 0 Å². The lowest BCUT2D eigenvalue weighted by atomic mass is 9.94. The van der Waals surface area contributed by atoms with Gasteiger partial charge in [0.1, 0.15) is 5.82 Å². The minimum absolute atomic E-state index is 0.106. The second-order valence-electron chi connectivity index (χ2n) is 9.74. The fraction of sp³-hybridized carbons (Fsp3) is 0.345. The van der Waals surface area contributed by atoms with E-state index in [0.717, 1.165) is 67.6 Å². The summed E-state index contributed by atoms with van der Waals surface area (Å²) in [5.41, 5.74) is 10.5. The number of halogens is 3. The van der Waals surface area contributed by atoms with Crippen molar-refractivity contribution in [2.75, 3.05) is 26.3 Å². The third-order valence-corrected chi connectivity index (χ3v) is 7.33. The van der Waals surface area contributed by atoms with Gasteiger partial charge in [0.25, 0.3) is 0 Å². The van der Waals surface area contributed by atoms with E-state index in [-0.39, 0.29) is 5.56 Å². The molecule has 1 amide bonds. The van der Waals surface area contributed by atoms with Gasteiger partial charge in [0.15, 0.2) is 0 Å². The fourth-order valence-electron chi connectivity index (χ4n) is 4.95. The largest absolute Gasteiger partial charge is 0.378 e. The Morgan fingerprint density at radius 2 is 1.65 bits per heavy atom. The van der Waals surface area contributed by atoms with E-state index in [1.165, 1.54) is 6.07 Å². The average Bonchev–Trinajstić information content (AvgIpc) is 2.81. The third kappa shape index (κ3) is 6.82. The molecule has 2 heterocycles. The lowest BCUT2D eigenvalue weighted by molar-refractivity contribution is -0.0129. The van der Waals surface area contributed by atoms with Crippen molar-refractivity contribution in [1.29, 1.82) is 0 Å². The summed E-state index contributed by atoms with van der Waals surface area (Å²) in [6.45, 7) is 11.5. The van der Waals surface area contributed by atoms with Crippen LogP contribution >= 0.6 is 23.2 Å². The molecule has 2 saturated heterocycles. The van der Waals surface area contributed by atoms with Crippen molar-refractivity contribution in [2.24, 2.45) is 5.73 Å². The Morgan fingerprint density at radius 3 is 2.22 bits per heavy atom. The van der Waals surface area contributed by atoms with Crippen LogP contribution in [-0.4, -0.2) is 49.2 Å². The lowest BCUT2D eigenvalue weighted by Gasteiger charge is -2.39. The van der Waals surface area contributed by atoms with E-state index in [1.807, 2.05) is 25.1 Å². The highest BCUT2D eigenvalue weighted by Gasteiger charge is 2.27. The number of nitrogens with one attached hydrogen (secondary N) is 1. The van der Waals surface area contributed by atoms with Crippen molar-refractivity contribution in [3.8, 4) is 0 Å². The summed E-state index contributed by atoms with van der Waals surface area (Å²) in [4.78, 5) is 14.0. The molecule has 8 heteroatoms.